The normalized spacial score (nSPS) is 29.4. The Balaban J connectivity index is 2.18. The highest BCUT2D eigenvalue weighted by Crippen LogP contribution is 2.38. The van der Waals surface area contributed by atoms with Crippen LogP contribution in [0.4, 0.5) is 0 Å². The molecule has 86 valence electrons. The molecule has 1 saturated heterocycles. The Morgan fingerprint density at radius 3 is 2.25 bits per heavy atom. The van der Waals surface area contributed by atoms with Crippen LogP contribution in [0.5, 0.6) is 0 Å². The lowest BCUT2D eigenvalue weighted by molar-refractivity contribution is -0.154. The Hall–Kier alpha value is -1.37. The van der Waals surface area contributed by atoms with Crippen molar-refractivity contribution in [2.75, 3.05) is 6.54 Å². The molecule has 2 amide bonds. The van der Waals surface area contributed by atoms with Gasteiger partial charge in [-0.05, 0) is 33.1 Å². The van der Waals surface area contributed by atoms with Crippen LogP contribution >= 0.6 is 0 Å². The molecule has 2 unspecified atom stereocenters. The summed E-state index contributed by atoms with van der Waals surface area (Å²) in [5.74, 6) is -0.0847. The number of likely N-dealkylation sites (tertiary alicyclic amines) is 1. The van der Waals surface area contributed by atoms with Crippen molar-refractivity contribution in [1.82, 2.24) is 4.90 Å². The van der Waals surface area contributed by atoms with E-state index in [0.717, 1.165) is 19.3 Å². The average molecular weight is 220 g/mol. The van der Waals surface area contributed by atoms with Crippen molar-refractivity contribution < 1.29 is 9.59 Å². The predicted octanol–water partition coefficient (Wildman–Crippen LogP) is 1.32. The van der Waals surface area contributed by atoms with Crippen molar-refractivity contribution in [3.05, 3.63) is 0 Å². The summed E-state index contributed by atoms with van der Waals surface area (Å²) in [5, 5.41) is 8.95. The summed E-state index contributed by atoms with van der Waals surface area (Å²) in [4.78, 5) is 25.3. The summed E-state index contributed by atoms with van der Waals surface area (Å²) >= 11 is 0. The Bertz CT molecular complexity index is 359. The molecule has 1 aliphatic carbocycles. The smallest absolute Gasteiger partial charge is 0.232 e. The molecule has 4 heteroatoms. The summed E-state index contributed by atoms with van der Waals surface area (Å²) < 4.78 is 0. The van der Waals surface area contributed by atoms with E-state index in [1.54, 1.807) is 13.8 Å². The lowest BCUT2D eigenvalue weighted by Gasteiger charge is -2.33. The number of carbonyl (C=O) groups excluding carboxylic acids is 2. The van der Waals surface area contributed by atoms with Crippen LogP contribution in [0.25, 0.3) is 0 Å². The van der Waals surface area contributed by atoms with E-state index in [1.165, 1.54) is 4.90 Å². The molecule has 0 aromatic carbocycles. The Labute approximate surface area is 95.2 Å². The van der Waals surface area contributed by atoms with Crippen LogP contribution in [0.1, 0.15) is 33.1 Å². The summed E-state index contributed by atoms with van der Waals surface area (Å²) in [6.07, 6.45) is 2.39. The molecule has 1 saturated carbocycles. The van der Waals surface area contributed by atoms with Crippen molar-refractivity contribution in [2.45, 2.75) is 33.1 Å². The zero-order valence-electron chi connectivity index (χ0n) is 9.69. The van der Waals surface area contributed by atoms with Gasteiger partial charge in [-0.1, -0.05) is 0 Å². The highest BCUT2D eigenvalue weighted by atomic mass is 16.2. The maximum atomic E-state index is 12.0. The van der Waals surface area contributed by atoms with Gasteiger partial charge in [-0.3, -0.25) is 14.5 Å². The zero-order valence-corrected chi connectivity index (χ0v) is 9.69. The first kappa shape index (κ1) is 11.1. The number of nitriles is 1. The van der Waals surface area contributed by atoms with Gasteiger partial charge in [0.15, 0.2) is 0 Å². The van der Waals surface area contributed by atoms with Crippen molar-refractivity contribution in [3.8, 4) is 6.07 Å². The van der Waals surface area contributed by atoms with Gasteiger partial charge in [-0.15, -0.1) is 0 Å². The van der Waals surface area contributed by atoms with Crippen LogP contribution in [-0.2, 0) is 9.59 Å². The van der Waals surface area contributed by atoms with Gasteiger partial charge in [0.1, 0.15) is 0 Å². The number of hydrogen-bond donors (Lipinski definition) is 0. The molecule has 2 bridgehead atoms. The van der Waals surface area contributed by atoms with Crippen molar-refractivity contribution in [1.29, 1.82) is 5.26 Å². The van der Waals surface area contributed by atoms with E-state index in [9.17, 15) is 9.59 Å². The molecule has 0 N–H and O–H groups in total. The van der Waals surface area contributed by atoms with Gasteiger partial charge in [-0.25, -0.2) is 0 Å². The third kappa shape index (κ3) is 1.71. The molecule has 0 aromatic rings. The molecule has 2 aliphatic rings. The summed E-state index contributed by atoms with van der Waals surface area (Å²) in [7, 11) is 0. The van der Waals surface area contributed by atoms with Crippen molar-refractivity contribution >= 4 is 11.8 Å². The first-order chi connectivity index (χ1) is 7.44. The van der Waals surface area contributed by atoms with Gasteiger partial charge in [0.05, 0.1) is 11.5 Å². The van der Waals surface area contributed by atoms with Crippen molar-refractivity contribution in [2.24, 2.45) is 17.3 Å². The van der Waals surface area contributed by atoms with E-state index in [0.29, 0.717) is 0 Å². The fourth-order valence-corrected chi connectivity index (χ4v) is 2.57. The highest BCUT2D eigenvalue weighted by Gasteiger charge is 2.46. The molecule has 0 aromatic heterocycles. The highest BCUT2D eigenvalue weighted by molar-refractivity contribution is 6.00. The fourth-order valence-electron chi connectivity index (χ4n) is 2.57. The minimum atomic E-state index is -0.651. The molecule has 2 rings (SSSR count). The monoisotopic (exact) mass is 220 g/mol. The maximum absolute atomic E-state index is 12.0. The van der Waals surface area contributed by atoms with E-state index >= 15 is 0 Å². The summed E-state index contributed by atoms with van der Waals surface area (Å²) in [6, 6.07) is 2.13. The van der Waals surface area contributed by atoms with Crippen molar-refractivity contribution in [3.63, 3.8) is 0 Å². The number of imide groups is 1. The van der Waals surface area contributed by atoms with Gasteiger partial charge in [-0.2, -0.15) is 5.26 Å². The van der Waals surface area contributed by atoms with Crippen LogP contribution < -0.4 is 0 Å². The molecular formula is C12H16N2O2. The van der Waals surface area contributed by atoms with Gasteiger partial charge < -0.3 is 0 Å². The quantitative estimate of drug-likeness (QED) is 0.659. The Morgan fingerprint density at radius 1 is 1.31 bits per heavy atom. The number of carbonyl (C=O) groups is 2. The van der Waals surface area contributed by atoms with Crippen LogP contribution in [-0.4, -0.2) is 23.3 Å². The van der Waals surface area contributed by atoms with E-state index < -0.39 is 5.41 Å². The fraction of sp³-hybridized carbons (Fsp3) is 0.750. The Morgan fingerprint density at radius 2 is 1.81 bits per heavy atom. The SMILES string of the molecule is CC(C)(C#N)CN1C(=O)C2CCC(C2)C1=O. The molecule has 16 heavy (non-hydrogen) atoms. The number of piperidine rings is 1. The number of nitrogens with zero attached hydrogens (tertiary/aromatic N) is 2. The molecular weight excluding hydrogens is 204 g/mol. The van der Waals surface area contributed by atoms with E-state index in [1.807, 2.05) is 0 Å². The van der Waals surface area contributed by atoms with E-state index in [-0.39, 0.29) is 30.2 Å². The lowest BCUT2D eigenvalue weighted by Crippen LogP contribution is -2.49. The molecule has 0 radical (unpaired) electrons. The number of fused-ring (bicyclic) bond motifs is 2. The summed E-state index contributed by atoms with van der Waals surface area (Å²) in [5.41, 5.74) is -0.651. The van der Waals surface area contributed by atoms with Crippen LogP contribution in [0.3, 0.4) is 0 Å². The lowest BCUT2D eigenvalue weighted by atomic mass is 9.91. The number of amides is 2. The first-order valence-corrected chi connectivity index (χ1v) is 5.71. The third-order valence-corrected chi connectivity index (χ3v) is 3.52. The first-order valence-electron chi connectivity index (χ1n) is 5.71. The molecule has 2 fully saturated rings. The van der Waals surface area contributed by atoms with Gasteiger partial charge >= 0.3 is 0 Å². The van der Waals surface area contributed by atoms with Crippen LogP contribution in [0.15, 0.2) is 0 Å². The second kappa shape index (κ2) is 3.58. The molecule has 4 nitrogen and oxygen atoms in total. The maximum Gasteiger partial charge on any atom is 0.232 e. The molecule has 1 aliphatic heterocycles. The number of hydrogen-bond acceptors (Lipinski definition) is 3. The minimum absolute atomic E-state index is 0.0252. The Kier molecular flexibility index (Phi) is 2.49. The van der Waals surface area contributed by atoms with Crippen LogP contribution in [0.2, 0.25) is 0 Å². The zero-order chi connectivity index (χ0) is 11.9. The topological polar surface area (TPSA) is 61.2 Å². The standard InChI is InChI=1S/C12H16N2O2/c1-12(2,6-13)7-14-10(15)8-3-4-9(5-8)11(14)16/h8-9H,3-5,7H2,1-2H3. The van der Waals surface area contributed by atoms with Gasteiger partial charge in [0, 0.05) is 18.4 Å². The number of rotatable bonds is 2. The molecule has 2 atom stereocenters. The predicted molar refractivity (Wildman–Crippen MR) is 56.9 cm³/mol. The van der Waals surface area contributed by atoms with Gasteiger partial charge in [0.25, 0.3) is 0 Å². The van der Waals surface area contributed by atoms with Crippen LogP contribution in [0, 0.1) is 28.6 Å². The minimum Gasteiger partial charge on any atom is -0.281 e. The van der Waals surface area contributed by atoms with E-state index in [2.05, 4.69) is 6.07 Å². The summed E-state index contributed by atoms with van der Waals surface area (Å²) in [6.45, 7) is 3.74. The molecule has 1 heterocycles. The molecule has 0 spiro atoms. The van der Waals surface area contributed by atoms with E-state index in [4.69, 9.17) is 5.26 Å². The van der Waals surface area contributed by atoms with Gasteiger partial charge in [0.2, 0.25) is 11.8 Å². The largest absolute Gasteiger partial charge is 0.281 e. The third-order valence-electron chi connectivity index (χ3n) is 3.52. The second-order valence-electron chi connectivity index (χ2n) is 5.47. The average Bonchev–Trinajstić information content (AvgIpc) is 2.69. The second-order valence-corrected chi connectivity index (χ2v) is 5.47.